The fraction of sp³-hybridized carbons (Fsp3) is 0.240. The van der Waals surface area contributed by atoms with E-state index < -0.39 is 0 Å². The maximum atomic E-state index is 13.0. The van der Waals surface area contributed by atoms with E-state index in [0.717, 1.165) is 22.2 Å². The molecule has 0 saturated carbocycles. The van der Waals surface area contributed by atoms with Gasteiger partial charge in [-0.25, -0.2) is 9.59 Å². The van der Waals surface area contributed by atoms with Crippen molar-refractivity contribution in [1.82, 2.24) is 19.4 Å². The second-order valence-electron chi connectivity index (χ2n) is 8.50. The summed E-state index contributed by atoms with van der Waals surface area (Å²) in [6.45, 7) is 1.05. The number of fused-ring (bicyclic) bond motifs is 1. The van der Waals surface area contributed by atoms with Gasteiger partial charge in [-0.15, -0.1) is 0 Å². The van der Waals surface area contributed by atoms with Crippen LogP contribution in [0.5, 0.6) is 5.75 Å². The molecule has 4 aromatic rings. The highest BCUT2D eigenvalue weighted by atomic mass is 35.5. The summed E-state index contributed by atoms with van der Waals surface area (Å²) in [6.07, 6.45) is 4.64. The van der Waals surface area contributed by atoms with E-state index in [-0.39, 0.29) is 17.8 Å². The summed E-state index contributed by atoms with van der Waals surface area (Å²) in [4.78, 5) is 34.7. The number of rotatable bonds is 4. The third-order valence-corrected chi connectivity index (χ3v) is 6.65. The molecule has 0 spiro atoms. The lowest BCUT2D eigenvalue weighted by Crippen LogP contribution is -2.42. The van der Waals surface area contributed by atoms with Crippen molar-refractivity contribution in [1.29, 1.82) is 0 Å². The molecular formula is C25H25ClN6O3. The Labute approximate surface area is 206 Å². The second-order valence-corrected chi connectivity index (χ2v) is 8.91. The number of aromatic amines is 1. The van der Waals surface area contributed by atoms with Gasteiger partial charge in [-0.05, 0) is 37.1 Å². The Balaban J connectivity index is 1.33. The van der Waals surface area contributed by atoms with Crippen molar-refractivity contribution in [2.24, 2.45) is 0 Å². The Morgan fingerprint density at radius 2 is 2.00 bits per heavy atom. The minimum Gasteiger partial charge on any atom is -0.495 e. The number of ether oxygens (including phenoxy) is 1. The molecule has 180 valence electrons. The molecule has 1 fully saturated rings. The van der Waals surface area contributed by atoms with Crippen molar-refractivity contribution in [2.45, 2.75) is 18.9 Å². The zero-order chi connectivity index (χ0) is 24.5. The summed E-state index contributed by atoms with van der Waals surface area (Å²) >= 11 is 6.06. The minimum absolute atomic E-state index is 0.0230. The van der Waals surface area contributed by atoms with Crippen LogP contribution < -0.4 is 21.5 Å². The first-order valence-corrected chi connectivity index (χ1v) is 11.7. The lowest BCUT2D eigenvalue weighted by atomic mass is 10.0. The molecule has 2 aromatic heterocycles. The molecule has 9 nitrogen and oxygen atoms in total. The van der Waals surface area contributed by atoms with Crippen LogP contribution in [0, 0.1) is 0 Å². The minimum atomic E-state index is -0.199. The van der Waals surface area contributed by atoms with Gasteiger partial charge in [-0.1, -0.05) is 23.7 Å². The standard InChI is InChI=1S/C25H25ClN6O3/c1-35-22-12-17(5-6-20(22)26)29-24(33)31-9-7-18(8-10-31)32-21-4-2-3-19(23(21)30-25(32)34)15-11-16(27)14-28-13-15/h2-6,11-14,18H,7-10,27H2,1H3,(H,29,33)(H,30,34). The summed E-state index contributed by atoms with van der Waals surface area (Å²) in [7, 11) is 1.53. The van der Waals surface area contributed by atoms with Gasteiger partial charge in [0, 0.05) is 54.4 Å². The van der Waals surface area contributed by atoms with Crippen molar-refractivity contribution in [3.8, 4) is 16.9 Å². The molecule has 10 heteroatoms. The number of imidazole rings is 1. The van der Waals surface area contributed by atoms with Crippen LogP contribution in [-0.4, -0.2) is 45.7 Å². The summed E-state index contributed by atoms with van der Waals surface area (Å²) in [6, 6.07) is 12.5. The van der Waals surface area contributed by atoms with Crippen molar-refractivity contribution in [3.05, 3.63) is 70.4 Å². The number of urea groups is 1. The van der Waals surface area contributed by atoms with E-state index in [9.17, 15) is 9.59 Å². The number of likely N-dealkylation sites (tertiary alicyclic amines) is 1. The number of nitrogens with zero attached hydrogens (tertiary/aromatic N) is 3. The van der Waals surface area contributed by atoms with Gasteiger partial charge in [0.15, 0.2) is 0 Å². The average molecular weight is 493 g/mol. The number of halogens is 1. The number of piperidine rings is 1. The van der Waals surface area contributed by atoms with Crippen LogP contribution in [0.1, 0.15) is 18.9 Å². The number of H-pyrrole nitrogens is 1. The number of anilines is 2. The van der Waals surface area contributed by atoms with E-state index in [0.29, 0.717) is 48.1 Å². The number of pyridine rings is 1. The quantitative estimate of drug-likeness (QED) is 0.387. The van der Waals surface area contributed by atoms with Gasteiger partial charge in [-0.3, -0.25) is 9.55 Å². The maximum Gasteiger partial charge on any atom is 0.326 e. The van der Waals surface area contributed by atoms with E-state index >= 15 is 0 Å². The van der Waals surface area contributed by atoms with Crippen LogP contribution in [0.4, 0.5) is 16.2 Å². The Morgan fingerprint density at radius 1 is 1.20 bits per heavy atom. The molecule has 4 N–H and O–H groups in total. The van der Waals surface area contributed by atoms with Gasteiger partial charge >= 0.3 is 11.7 Å². The Kier molecular flexibility index (Phi) is 6.08. The average Bonchev–Trinajstić information content (AvgIpc) is 3.21. The lowest BCUT2D eigenvalue weighted by molar-refractivity contribution is 0.184. The first-order chi connectivity index (χ1) is 16.9. The van der Waals surface area contributed by atoms with Crippen LogP contribution in [0.25, 0.3) is 22.2 Å². The number of hydrogen-bond donors (Lipinski definition) is 3. The number of benzene rings is 2. The smallest absolute Gasteiger partial charge is 0.326 e. The molecule has 0 bridgehead atoms. The molecule has 1 aliphatic heterocycles. The second kappa shape index (κ2) is 9.34. The van der Waals surface area contributed by atoms with E-state index in [2.05, 4.69) is 15.3 Å². The number of nitrogens with two attached hydrogens (primary N) is 1. The highest BCUT2D eigenvalue weighted by Crippen LogP contribution is 2.31. The summed E-state index contributed by atoms with van der Waals surface area (Å²) < 4.78 is 7.02. The monoisotopic (exact) mass is 492 g/mol. The molecular weight excluding hydrogens is 468 g/mol. The molecule has 1 aliphatic rings. The molecule has 5 rings (SSSR count). The van der Waals surface area contributed by atoms with Gasteiger partial charge in [0.05, 0.1) is 28.9 Å². The number of para-hydroxylation sites is 1. The topological polar surface area (TPSA) is 118 Å². The number of carbonyl (C=O) groups is 1. The summed E-state index contributed by atoms with van der Waals surface area (Å²) in [5.74, 6) is 0.496. The summed E-state index contributed by atoms with van der Waals surface area (Å²) in [5.41, 5.74) is 10.2. The van der Waals surface area contributed by atoms with Crippen LogP contribution in [0.2, 0.25) is 5.02 Å². The number of nitrogens with one attached hydrogen (secondary N) is 2. The normalized spacial score (nSPS) is 14.3. The Morgan fingerprint density at radius 3 is 2.74 bits per heavy atom. The van der Waals surface area contributed by atoms with Gasteiger partial charge in [-0.2, -0.15) is 0 Å². The third-order valence-electron chi connectivity index (χ3n) is 6.34. The van der Waals surface area contributed by atoms with Crippen LogP contribution in [0.3, 0.4) is 0 Å². The molecule has 0 radical (unpaired) electrons. The zero-order valence-corrected chi connectivity index (χ0v) is 19.9. The maximum absolute atomic E-state index is 13.0. The predicted molar refractivity (Wildman–Crippen MR) is 137 cm³/mol. The predicted octanol–water partition coefficient (Wildman–Crippen LogP) is 4.50. The van der Waals surface area contributed by atoms with Gasteiger partial charge in [0.1, 0.15) is 5.75 Å². The molecule has 0 unspecified atom stereocenters. The first-order valence-electron chi connectivity index (χ1n) is 11.3. The van der Waals surface area contributed by atoms with Gasteiger partial charge < -0.3 is 25.7 Å². The molecule has 2 aromatic carbocycles. The lowest BCUT2D eigenvalue weighted by Gasteiger charge is -2.32. The first kappa shape index (κ1) is 22.8. The van der Waals surface area contributed by atoms with E-state index in [1.54, 1.807) is 40.1 Å². The Bertz CT molecular complexity index is 1460. The van der Waals surface area contributed by atoms with Crippen molar-refractivity contribution in [3.63, 3.8) is 0 Å². The fourth-order valence-electron chi connectivity index (χ4n) is 4.62. The number of carbonyl (C=O) groups excluding carboxylic acids is 1. The van der Waals surface area contributed by atoms with Crippen molar-refractivity contribution >= 4 is 40.0 Å². The molecule has 0 atom stereocenters. The van der Waals surface area contributed by atoms with Crippen LogP contribution in [0.15, 0.2) is 59.7 Å². The van der Waals surface area contributed by atoms with Crippen LogP contribution >= 0.6 is 11.6 Å². The van der Waals surface area contributed by atoms with E-state index in [4.69, 9.17) is 22.1 Å². The van der Waals surface area contributed by atoms with Crippen LogP contribution in [-0.2, 0) is 0 Å². The third kappa shape index (κ3) is 4.42. The van der Waals surface area contributed by atoms with Gasteiger partial charge in [0.25, 0.3) is 0 Å². The summed E-state index contributed by atoms with van der Waals surface area (Å²) in [5, 5.41) is 3.37. The molecule has 2 amide bonds. The highest BCUT2D eigenvalue weighted by Gasteiger charge is 2.27. The highest BCUT2D eigenvalue weighted by molar-refractivity contribution is 6.32. The van der Waals surface area contributed by atoms with E-state index in [1.165, 1.54) is 7.11 Å². The SMILES string of the molecule is COc1cc(NC(=O)N2CCC(n3c(=O)[nH]c4c(-c5cncc(N)c5)cccc43)CC2)ccc1Cl. The fourth-order valence-corrected chi connectivity index (χ4v) is 4.82. The van der Waals surface area contributed by atoms with Gasteiger partial charge in [0.2, 0.25) is 0 Å². The largest absolute Gasteiger partial charge is 0.495 e. The zero-order valence-electron chi connectivity index (χ0n) is 19.1. The number of amides is 2. The molecule has 3 heterocycles. The molecule has 1 saturated heterocycles. The Hall–Kier alpha value is -3.98. The number of hydrogen-bond acceptors (Lipinski definition) is 5. The molecule has 35 heavy (non-hydrogen) atoms. The number of nitrogen functional groups attached to an aromatic ring is 1. The van der Waals surface area contributed by atoms with E-state index in [1.807, 2.05) is 24.3 Å². The van der Waals surface area contributed by atoms with Crippen molar-refractivity contribution in [2.75, 3.05) is 31.2 Å². The molecule has 0 aliphatic carbocycles. The number of methoxy groups -OCH3 is 1. The number of aromatic nitrogens is 3. The van der Waals surface area contributed by atoms with Crippen molar-refractivity contribution < 1.29 is 9.53 Å².